The van der Waals surface area contributed by atoms with Crippen LogP contribution < -0.4 is 0 Å². The van der Waals surface area contributed by atoms with Gasteiger partial charge in [-0.2, -0.15) is 4.98 Å². The molecule has 0 radical (unpaired) electrons. The van der Waals surface area contributed by atoms with E-state index in [1.54, 1.807) is 6.92 Å². The summed E-state index contributed by atoms with van der Waals surface area (Å²) in [6.45, 7) is 2.04. The molecule has 0 amide bonds. The molecule has 0 fully saturated rings. The third kappa shape index (κ3) is 1.77. The van der Waals surface area contributed by atoms with Crippen molar-refractivity contribution in [3.05, 3.63) is 17.0 Å². The highest BCUT2D eigenvalue weighted by Crippen LogP contribution is 2.24. The predicted octanol–water partition coefficient (Wildman–Crippen LogP) is 0.848. The number of ether oxygens (including phenoxy) is 1. The predicted molar refractivity (Wildman–Crippen MR) is 51.7 cm³/mol. The van der Waals surface area contributed by atoms with Crippen molar-refractivity contribution < 1.29 is 14.6 Å². The zero-order valence-corrected chi connectivity index (χ0v) is 8.49. The van der Waals surface area contributed by atoms with Crippen LogP contribution >= 0.6 is 0 Å². The monoisotopic (exact) mass is 208 g/mol. The average Bonchev–Trinajstić information content (AvgIpc) is 2.64. The van der Waals surface area contributed by atoms with Crippen molar-refractivity contribution in [1.29, 1.82) is 0 Å². The summed E-state index contributed by atoms with van der Waals surface area (Å²) in [6, 6.07) is -0.348. The summed E-state index contributed by atoms with van der Waals surface area (Å²) >= 11 is 0. The lowest BCUT2D eigenvalue weighted by Crippen LogP contribution is -2.11. The summed E-state index contributed by atoms with van der Waals surface area (Å²) in [6.07, 6.45) is 2.52. The van der Waals surface area contributed by atoms with Gasteiger partial charge in [0.2, 0.25) is 0 Å². The Hall–Kier alpha value is -1.65. The molecule has 1 N–H and O–H groups in total. The Labute approximate surface area is 87.1 Å². The number of carbonyl (C=O) groups excluding carboxylic acids is 1. The van der Waals surface area contributed by atoms with Gasteiger partial charge in [-0.25, -0.2) is 9.78 Å². The van der Waals surface area contributed by atoms with Gasteiger partial charge in [0.25, 0.3) is 0 Å². The molecule has 80 valence electrons. The molecule has 1 heterocycles. The molecule has 1 aromatic rings. The molecule has 0 saturated carbocycles. The van der Waals surface area contributed by atoms with Crippen molar-refractivity contribution in [1.82, 2.24) is 9.97 Å². The summed E-state index contributed by atoms with van der Waals surface area (Å²) < 4.78 is 4.87. The summed E-state index contributed by atoms with van der Waals surface area (Å²) in [4.78, 5) is 19.2. The third-order valence-electron chi connectivity index (χ3n) is 2.39. The number of fused-ring (bicyclic) bond motifs is 1. The lowest BCUT2D eigenvalue weighted by molar-refractivity contribution is 0.0516. The summed E-state index contributed by atoms with van der Waals surface area (Å²) in [5, 5.41) is 9.26. The van der Waals surface area contributed by atoms with Crippen LogP contribution in [0, 0.1) is 0 Å². The fraction of sp³-hybridized carbons (Fsp3) is 0.500. The lowest BCUT2D eigenvalue weighted by atomic mass is 10.2. The fourth-order valence-corrected chi connectivity index (χ4v) is 1.79. The zero-order valence-electron chi connectivity index (χ0n) is 8.49. The summed E-state index contributed by atoms with van der Waals surface area (Å²) in [5.41, 5.74) is 1.81. The van der Waals surface area contributed by atoms with Gasteiger partial charge in [-0.05, 0) is 26.2 Å². The first-order chi connectivity index (χ1) is 7.22. The second kappa shape index (κ2) is 3.84. The van der Waals surface area contributed by atoms with Crippen molar-refractivity contribution in [2.75, 3.05) is 6.61 Å². The molecule has 0 aliphatic heterocycles. The molecule has 1 aliphatic carbocycles. The second-order valence-corrected chi connectivity index (χ2v) is 3.37. The minimum atomic E-state index is -0.478. The molecular formula is C10H12N2O3. The van der Waals surface area contributed by atoms with Gasteiger partial charge < -0.3 is 9.84 Å². The van der Waals surface area contributed by atoms with Crippen LogP contribution in [0.1, 0.15) is 35.1 Å². The van der Waals surface area contributed by atoms with Gasteiger partial charge >= 0.3 is 12.0 Å². The van der Waals surface area contributed by atoms with Crippen molar-refractivity contribution in [2.24, 2.45) is 0 Å². The van der Waals surface area contributed by atoms with E-state index < -0.39 is 5.97 Å². The van der Waals surface area contributed by atoms with Gasteiger partial charge in [0.05, 0.1) is 12.3 Å². The van der Waals surface area contributed by atoms with E-state index >= 15 is 0 Å². The minimum absolute atomic E-state index is 0.219. The lowest BCUT2D eigenvalue weighted by Gasteiger charge is -2.06. The Balaban J connectivity index is 2.42. The first-order valence-corrected chi connectivity index (χ1v) is 4.98. The van der Waals surface area contributed by atoms with Crippen LogP contribution in [-0.2, 0) is 17.6 Å². The van der Waals surface area contributed by atoms with E-state index in [0.29, 0.717) is 6.61 Å². The van der Waals surface area contributed by atoms with Gasteiger partial charge in [-0.1, -0.05) is 0 Å². The Kier molecular flexibility index (Phi) is 2.53. The van der Waals surface area contributed by atoms with Crippen molar-refractivity contribution >= 4 is 5.97 Å². The minimum Gasteiger partial charge on any atom is -0.479 e. The number of rotatable bonds is 2. The van der Waals surface area contributed by atoms with E-state index in [4.69, 9.17) is 4.74 Å². The van der Waals surface area contributed by atoms with Crippen molar-refractivity contribution in [3.8, 4) is 6.01 Å². The summed E-state index contributed by atoms with van der Waals surface area (Å²) in [7, 11) is 0. The maximum Gasteiger partial charge on any atom is 0.357 e. The van der Waals surface area contributed by atoms with Crippen LogP contribution in [-0.4, -0.2) is 27.7 Å². The van der Waals surface area contributed by atoms with Crippen LogP contribution in [0.15, 0.2) is 0 Å². The van der Waals surface area contributed by atoms with E-state index in [1.165, 1.54) is 0 Å². The zero-order chi connectivity index (χ0) is 10.8. The van der Waals surface area contributed by atoms with Gasteiger partial charge in [-0.3, -0.25) is 0 Å². The maximum atomic E-state index is 11.5. The van der Waals surface area contributed by atoms with E-state index in [-0.39, 0.29) is 11.7 Å². The molecule has 1 aromatic heterocycles. The van der Waals surface area contributed by atoms with E-state index in [1.807, 2.05) is 0 Å². The highest BCUT2D eigenvalue weighted by atomic mass is 16.5. The Morgan fingerprint density at radius 3 is 3.00 bits per heavy atom. The van der Waals surface area contributed by atoms with E-state index in [2.05, 4.69) is 9.97 Å². The number of hydrogen-bond acceptors (Lipinski definition) is 5. The largest absolute Gasteiger partial charge is 0.479 e. The number of nitrogens with zero attached hydrogens (tertiary/aromatic N) is 2. The Morgan fingerprint density at radius 2 is 2.27 bits per heavy atom. The molecule has 0 bridgehead atoms. The molecule has 0 unspecified atom stereocenters. The van der Waals surface area contributed by atoms with Crippen molar-refractivity contribution in [2.45, 2.75) is 26.2 Å². The normalized spacial score (nSPS) is 13.7. The molecular weight excluding hydrogens is 196 g/mol. The molecule has 15 heavy (non-hydrogen) atoms. The average molecular weight is 208 g/mol. The first kappa shape index (κ1) is 9.89. The number of carbonyl (C=O) groups is 1. The quantitative estimate of drug-likeness (QED) is 0.729. The number of aryl methyl sites for hydroxylation is 1. The molecule has 0 saturated heterocycles. The standard InChI is InChI=1S/C10H12N2O3/c1-2-15-9(13)8-6-4-3-5-7(6)11-10(14)12-8/h2-5H2,1H3,(H,11,12,14). The van der Waals surface area contributed by atoms with Crippen LogP contribution in [0.2, 0.25) is 0 Å². The molecule has 1 aliphatic rings. The van der Waals surface area contributed by atoms with Crippen LogP contribution in [0.4, 0.5) is 0 Å². The number of aromatic nitrogens is 2. The van der Waals surface area contributed by atoms with Gasteiger partial charge in [-0.15, -0.1) is 0 Å². The van der Waals surface area contributed by atoms with Crippen LogP contribution in [0.25, 0.3) is 0 Å². The van der Waals surface area contributed by atoms with Gasteiger partial charge in [0.15, 0.2) is 5.69 Å². The van der Waals surface area contributed by atoms with Crippen LogP contribution in [0.3, 0.4) is 0 Å². The van der Waals surface area contributed by atoms with E-state index in [9.17, 15) is 9.90 Å². The van der Waals surface area contributed by atoms with Gasteiger partial charge in [0, 0.05) is 5.56 Å². The Morgan fingerprint density at radius 1 is 1.47 bits per heavy atom. The molecule has 5 nitrogen and oxygen atoms in total. The first-order valence-electron chi connectivity index (χ1n) is 4.98. The molecule has 0 spiro atoms. The summed E-state index contributed by atoms with van der Waals surface area (Å²) in [5.74, 6) is -0.478. The second-order valence-electron chi connectivity index (χ2n) is 3.37. The van der Waals surface area contributed by atoms with E-state index in [0.717, 1.165) is 30.5 Å². The molecule has 5 heteroatoms. The number of esters is 1. The smallest absolute Gasteiger partial charge is 0.357 e. The number of hydrogen-bond donors (Lipinski definition) is 1. The Bertz CT molecular complexity index is 404. The van der Waals surface area contributed by atoms with Crippen LogP contribution in [0.5, 0.6) is 6.01 Å². The molecule has 0 atom stereocenters. The highest BCUT2D eigenvalue weighted by Gasteiger charge is 2.24. The molecule has 2 rings (SSSR count). The molecule has 0 aromatic carbocycles. The maximum absolute atomic E-state index is 11.5. The van der Waals surface area contributed by atoms with Gasteiger partial charge in [0.1, 0.15) is 0 Å². The topological polar surface area (TPSA) is 72.3 Å². The SMILES string of the molecule is CCOC(=O)c1nc(O)nc2c1CCC2. The number of aromatic hydroxyl groups is 1. The highest BCUT2D eigenvalue weighted by molar-refractivity contribution is 5.89. The fourth-order valence-electron chi connectivity index (χ4n) is 1.79. The van der Waals surface area contributed by atoms with Crippen molar-refractivity contribution in [3.63, 3.8) is 0 Å². The third-order valence-corrected chi connectivity index (χ3v) is 2.39.